The van der Waals surface area contributed by atoms with Crippen molar-refractivity contribution in [3.05, 3.63) is 0 Å². The summed E-state index contributed by atoms with van der Waals surface area (Å²) in [6, 6.07) is 2.89. The van der Waals surface area contributed by atoms with Crippen LogP contribution < -0.4 is 5.32 Å². The maximum absolute atomic E-state index is 11.3. The zero-order valence-corrected chi connectivity index (χ0v) is 10.3. The normalized spacial score (nSPS) is 26.6. The molecule has 0 bridgehead atoms. The van der Waals surface area contributed by atoms with Gasteiger partial charge in [-0.05, 0) is 19.3 Å². The van der Waals surface area contributed by atoms with Crippen LogP contribution in [0.15, 0.2) is 0 Å². The SMILES string of the molecule is N#CCC(=O)NC1CCN(C2CCCCC2)C1. The van der Waals surface area contributed by atoms with Crippen molar-refractivity contribution in [3.8, 4) is 6.07 Å². The van der Waals surface area contributed by atoms with Crippen LogP contribution in [0.2, 0.25) is 0 Å². The van der Waals surface area contributed by atoms with Gasteiger partial charge in [0.25, 0.3) is 0 Å². The van der Waals surface area contributed by atoms with Gasteiger partial charge in [-0.25, -0.2) is 0 Å². The van der Waals surface area contributed by atoms with Gasteiger partial charge in [0.1, 0.15) is 6.42 Å². The first-order valence-corrected chi connectivity index (χ1v) is 6.70. The Morgan fingerprint density at radius 3 is 2.76 bits per heavy atom. The van der Waals surface area contributed by atoms with Crippen molar-refractivity contribution in [2.75, 3.05) is 13.1 Å². The van der Waals surface area contributed by atoms with Crippen molar-refractivity contribution in [2.45, 2.75) is 57.0 Å². The fraction of sp³-hybridized carbons (Fsp3) is 0.846. The predicted octanol–water partition coefficient (Wildman–Crippen LogP) is 1.42. The van der Waals surface area contributed by atoms with E-state index in [9.17, 15) is 4.79 Å². The minimum Gasteiger partial charge on any atom is -0.351 e. The molecule has 1 N–H and O–H groups in total. The van der Waals surface area contributed by atoms with Gasteiger partial charge in [0.2, 0.25) is 5.91 Å². The Morgan fingerprint density at radius 1 is 1.29 bits per heavy atom. The van der Waals surface area contributed by atoms with E-state index in [2.05, 4.69) is 10.2 Å². The van der Waals surface area contributed by atoms with Gasteiger partial charge >= 0.3 is 0 Å². The summed E-state index contributed by atoms with van der Waals surface area (Å²) in [4.78, 5) is 13.9. The number of nitrogens with one attached hydrogen (secondary N) is 1. The topological polar surface area (TPSA) is 56.1 Å². The van der Waals surface area contributed by atoms with Gasteiger partial charge in [0, 0.05) is 25.2 Å². The second-order valence-corrected chi connectivity index (χ2v) is 5.17. The van der Waals surface area contributed by atoms with Crippen molar-refractivity contribution < 1.29 is 4.79 Å². The highest BCUT2D eigenvalue weighted by Gasteiger charge is 2.29. The Bertz CT molecular complexity index is 304. The van der Waals surface area contributed by atoms with Crippen LogP contribution in [-0.4, -0.2) is 36.0 Å². The van der Waals surface area contributed by atoms with Crippen LogP contribution in [0.3, 0.4) is 0 Å². The Hall–Kier alpha value is -1.08. The number of amides is 1. The van der Waals surface area contributed by atoms with E-state index in [1.54, 1.807) is 0 Å². The van der Waals surface area contributed by atoms with E-state index in [1.807, 2.05) is 6.07 Å². The van der Waals surface area contributed by atoms with Gasteiger partial charge in [-0.1, -0.05) is 19.3 Å². The molecular formula is C13H21N3O. The van der Waals surface area contributed by atoms with E-state index in [1.165, 1.54) is 32.1 Å². The molecule has 1 atom stereocenters. The van der Waals surface area contributed by atoms with E-state index in [0.717, 1.165) is 25.6 Å². The molecule has 1 amide bonds. The molecule has 0 aromatic carbocycles. The number of carbonyl (C=O) groups is 1. The highest BCUT2D eigenvalue weighted by molar-refractivity contribution is 5.78. The highest BCUT2D eigenvalue weighted by atomic mass is 16.1. The highest BCUT2D eigenvalue weighted by Crippen LogP contribution is 2.25. The summed E-state index contributed by atoms with van der Waals surface area (Å²) in [6.45, 7) is 2.07. The molecule has 0 aromatic rings. The fourth-order valence-corrected chi connectivity index (χ4v) is 3.03. The van der Waals surface area contributed by atoms with Crippen molar-refractivity contribution in [1.29, 1.82) is 5.26 Å². The molecule has 2 rings (SSSR count). The first kappa shape index (κ1) is 12.4. The molecule has 2 aliphatic rings. The van der Waals surface area contributed by atoms with Crippen LogP contribution in [0.5, 0.6) is 0 Å². The molecule has 2 fully saturated rings. The summed E-state index contributed by atoms with van der Waals surface area (Å²) >= 11 is 0. The predicted molar refractivity (Wildman–Crippen MR) is 65.2 cm³/mol. The van der Waals surface area contributed by atoms with Crippen molar-refractivity contribution in [3.63, 3.8) is 0 Å². The minimum absolute atomic E-state index is 0.0140. The molecule has 1 aliphatic carbocycles. The maximum atomic E-state index is 11.3. The first-order valence-electron chi connectivity index (χ1n) is 6.70. The number of carbonyl (C=O) groups excluding carboxylic acids is 1. The van der Waals surface area contributed by atoms with Gasteiger partial charge in [-0.15, -0.1) is 0 Å². The van der Waals surface area contributed by atoms with Crippen molar-refractivity contribution >= 4 is 5.91 Å². The molecule has 0 spiro atoms. The Labute approximate surface area is 103 Å². The molecule has 17 heavy (non-hydrogen) atoms. The second-order valence-electron chi connectivity index (χ2n) is 5.17. The molecular weight excluding hydrogens is 214 g/mol. The summed E-state index contributed by atoms with van der Waals surface area (Å²) in [5.41, 5.74) is 0. The molecule has 1 heterocycles. The lowest BCUT2D eigenvalue weighted by molar-refractivity contribution is -0.120. The molecule has 4 heteroatoms. The lowest BCUT2D eigenvalue weighted by Crippen LogP contribution is -2.40. The Kier molecular flexibility index (Phi) is 4.38. The zero-order valence-electron chi connectivity index (χ0n) is 10.3. The lowest BCUT2D eigenvalue weighted by Gasteiger charge is -2.31. The van der Waals surface area contributed by atoms with Gasteiger partial charge in [0.05, 0.1) is 6.07 Å². The molecule has 1 saturated carbocycles. The van der Waals surface area contributed by atoms with E-state index < -0.39 is 0 Å². The monoisotopic (exact) mass is 235 g/mol. The summed E-state index contributed by atoms with van der Waals surface area (Å²) in [6.07, 6.45) is 7.75. The number of nitriles is 1. The quantitative estimate of drug-likeness (QED) is 0.805. The van der Waals surface area contributed by atoms with E-state index in [-0.39, 0.29) is 18.4 Å². The van der Waals surface area contributed by atoms with Crippen LogP contribution in [0.4, 0.5) is 0 Å². The van der Waals surface area contributed by atoms with E-state index >= 15 is 0 Å². The first-order chi connectivity index (χ1) is 8.29. The molecule has 1 saturated heterocycles. The average molecular weight is 235 g/mol. The van der Waals surface area contributed by atoms with E-state index in [4.69, 9.17) is 5.26 Å². The van der Waals surface area contributed by atoms with E-state index in [0.29, 0.717) is 0 Å². The van der Waals surface area contributed by atoms with Crippen LogP contribution in [0.1, 0.15) is 44.9 Å². The second kappa shape index (κ2) is 6.02. The zero-order chi connectivity index (χ0) is 12.1. The third-order valence-corrected chi connectivity index (χ3v) is 3.92. The Morgan fingerprint density at radius 2 is 2.06 bits per heavy atom. The number of nitrogens with zero attached hydrogens (tertiary/aromatic N) is 2. The average Bonchev–Trinajstić information content (AvgIpc) is 2.79. The molecule has 0 radical (unpaired) electrons. The fourth-order valence-electron chi connectivity index (χ4n) is 3.03. The lowest BCUT2D eigenvalue weighted by atomic mass is 9.94. The summed E-state index contributed by atoms with van der Waals surface area (Å²) in [5.74, 6) is -0.122. The van der Waals surface area contributed by atoms with Crippen LogP contribution in [0.25, 0.3) is 0 Å². The summed E-state index contributed by atoms with van der Waals surface area (Å²) < 4.78 is 0. The Balaban J connectivity index is 1.75. The number of hydrogen-bond acceptors (Lipinski definition) is 3. The largest absolute Gasteiger partial charge is 0.351 e. The third-order valence-electron chi connectivity index (χ3n) is 3.92. The van der Waals surface area contributed by atoms with Gasteiger partial charge in [-0.2, -0.15) is 5.26 Å². The molecule has 94 valence electrons. The standard InChI is InChI=1S/C13H21N3O/c14-8-6-13(17)15-11-7-9-16(10-11)12-4-2-1-3-5-12/h11-12H,1-7,9-10H2,(H,15,17). The summed E-state index contributed by atoms with van der Waals surface area (Å²) in [7, 11) is 0. The molecule has 1 unspecified atom stereocenters. The smallest absolute Gasteiger partial charge is 0.234 e. The van der Waals surface area contributed by atoms with Gasteiger partial charge < -0.3 is 5.32 Å². The molecule has 1 aliphatic heterocycles. The number of hydrogen-bond donors (Lipinski definition) is 1. The van der Waals surface area contributed by atoms with Gasteiger partial charge in [-0.3, -0.25) is 9.69 Å². The number of likely N-dealkylation sites (tertiary alicyclic amines) is 1. The third kappa shape index (κ3) is 3.44. The van der Waals surface area contributed by atoms with Crippen LogP contribution >= 0.6 is 0 Å². The maximum Gasteiger partial charge on any atom is 0.234 e. The summed E-state index contributed by atoms with van der Waals surface area (Å²) in [5, 5.41) is 11.4. The number of rotatable bonds is 3. The van der Waals surface area contributed by atoms with Crippen molar-refractivity contribution in [2.24, 2.45) is 0 Å². The molecule has 4 nitrogen and oxygen atoms in total. The van der Waals surface area contributed by atoms with Crippen LogP contribution in [-0.2, 0) is 4.79 Å². The molecule has 0 aromatic heterocycles. The minimum atomic E-state index is -0.122. The van der Waals surface area contributed by atoms with Crippen LogP contribution in [0, 0.1) is 11.3 Å². The van der Waals surface area contributed by atoms with Gasteiger partial charge in [0.15, 0.2) is 0 Å². The van der Waals surface area contributed by atoms with Crippen molar-refractivity contribution in [1.82, 2.24) is 10.2 Å².